The van der Waals surface area contributed by atoms with Crippen LogP contribution in [0.1, 0.15) is 24.1 Å². The van der Waals surface area contributed by atoms with Gasteiger partial charge in [0.25, 0.3) is 10.0 Å². The molecule has 2 aromatic rings. The highest BCUT2D eigenvalue weighted by atomic mass is 79.9. The van der Waals surface area contributed by atoms with E-state index in [1.807, 2.05) is 13.8 Å². The van der Waals surface area contributed by atoms with Crippen molar-refractivity contribution in [2.75, 3.05) is 7.05 Å². The molecule has 1 unspecified atom stereocenters. The van der Waals surface area contributed by atoms with E-state index in [1.165, 1.54) is 15.6 Å². The number of thiophene rings is 1. The Morgan fingerprint density at radius 2 is 1.86 bits per heavy atom. The van der Waals surface area contributed by atoms with Crippen LogP contribution in [0.25, 0.3) is 0 Å². The van der Waals surface area contributed by atoms with Gasteiger partial charge in [0.05, 0.1) is 3.79 Å². The smallest absolute Gasteiger partial charge is 0.252 e. The molecule has 1 N–H and O–H groups in total. The van der Waals surface area contributed by atoms with Crippen LogP contribution in [0.5, 0.6) is 5.75 Å². The molecule has 0 aliphatic heterocycles. The van der Waals surface area contributed by atoms with Gasteiger partial charge in [-0.3, -0.25) is 0 Å². The van der Waals surface area contributed by atoms with Crippen LogP contribution < -0.4 is 0 Å². The van der Waals surface area contributed by atoms with E-state index in [1.54, 1.807) is 37.4 Å². The van der Waals surface area contributed by atoms with Crippen molar-refractivity contribution in [1.82, 2.24) is 4.31 Å². The first-order valence-corrected chi connectivity index (χ1v) is 9.31. The molecular weight excluding hydrogens is 374 g/mol. The Morgan fingerprint density at radius 1 is 1.29 bits per heavy atom. The predicted molar refractivity (Wildman–Crippen MR) is 88.2 cm³/mol. The van der Waals surface area contributed by atoms with Crippen molar-refractivity contribution in [2.45, 2.75) is 24.1 Å². The fraction of sp³-hybridized carbons (Fsp3) is 0.286. The molecule has 0 saturated carbocycles. The minimum atomic E-state index is -3.54. The van der Waals surface area contributed by atoms with Gasteiger partial charge in [-0.2, -0.15) is 4.31 Å². The molecule has 7 heteroatoms. The third-order valence-electron chi connectivity index (χ3n) is 3.39. The molecule has 0 radical (unpaired) electrons. The topological polar surface area (TPSA) is 57.6 Å². The van der Waals surface area contributed by atoms with Gasteiger partial charge in [0.15, 0.2) is 0 Å². The molecule has 0 saturated heterocycles. The number of aromatic hydroxyl groups is 1. The second-order valence-electron chi connectivity index (χ2n) is 4.81. The standard InChI is InChI=1S/C14H16BrNO3S2/c1-9-8-13(20-14(9)15)21(18,19)16(3)10(2)11-4-6-12(17)7-5-11/h4-8,10,17H,1-3H3. The van der Waals surface area contributed by atoms with Gasteiger partial charge in [0, 0.05) is 13.1 Å². The lowest BCUT2D eigenvalue weighted by molar-refractivity contribution is 0.399. The molecule has 21 heavy (non-hydrogen) atoms. The Kier molecular flexibility index (Phi) is 4.77. The van der Waals surface area contributed by atoms with Gasteiger partial charge in [0.1, 0.15) is 9.96 Å². The van der Waals surface area contributed by atoms with Crippen LogP contribution in [0.4, 0.5) is 0 Å². The summed E-state index contributed by atoms with van der Waals surface area (Å²) in [5.74, 6) is 0.161. The molecule has 0 aliphatic carbocycles. The Balaban J connectivity index is 2.33. The maximum Gasteiger partial charge on any atom is 0.252 e. The van der Waals surface area contributed by atoms with E-state index >= 15 is 0 Å². The third kappa shape index (κ3) is 3.31. The lowest BCUT2D eigenvalue weighted by Gasteiger charge is -2.24. The van der Waals surface area contributed by atoms with Crippen molar-refractivity contribution in [3.8, 4) is 5.75 Å². The van der Waals surface area contributed by atoms with Gasteiger partial charge in [-0.15, -0.1) is 11.3 Å². The van der Waals surface area contributed by atoms with E-state index < -0.39 is 10.0 Å². The maximum absolute atomic E-state index is 12.6. The summed E-state index contributed by atoms with van der Waals surface area (Å²) in [6, 6.07) is 7.90. The van der Waals surface area contributed by atoms with Crippen LogP contribution in [-0.4, -0.2) is 24.9 Å². The first-order valence-electron chi connectivity index (χ1n) is 6.26. The molecular formula is C14H16BrNO3S2. The average Bonchev–Trinajstić information content (AvgIpc) is 2.78. The molecule has 0 spiro atoms. The van der Waals surface area contributed by atoms with Crippen LogP contribution in [0, 0.1) is 6.92 Å². The van der Waals surface area contributed by atoms with Gasteiger partial charge in [-0.05, 0) is 59.1 Å². The summed E-state index contributed by atoms with van der Waals surface area (Å²) in [6.45, 7) is 3.68. The summed E-state index contributed by atoms with van der Waals surface area (Å²) < 4.78 is 27.8. The van der Waals surface area contributed by atoms with Crippen LogP contribution in [0.15, 0.2) is 38.3 Å². The second kappa shape index (κ2) is 6.08. The molecule has 114 valence electrons. The number of benzene rings is 1. The van der Waals surface area contributed by atoms with Crippen LogP contribution in [0.2, 0.25) is 0 Å². The largest absolute Gasteiger partial charge is 0.508 e. The van der Waals surface area contributed by atoms with Crippen molar-refractivity contribution < 1.29 is 13.5 Å². The maximum atomic E-state index is 12.6. The number of phenols is 1. The highest BCUT2D eigenvalue weighted by molar-refractivity contribution is 9.11. The van der Waals surface area contributed by atoms with Crippen molar-refractivity contribution >= 4 is 37.3 Å². The molecule has 0 fully saturated rings. The summed E-state index contributed by atoms with van der Waals surface area (Å²) in [4.78, 5) is 0. The fourth-order valence-corrected chi connectivity index (χ4v) is 5.63. The molecule has 0 aliphatic rings. The Hall–Kier alpha value is -0.890. The second-order valence-corrected chi connectivity index (χ2v) is 9.41. The van der Waals surface area contributed by atoms with E-state index in [0.29, 0.717) is 4.21 Å². The summed E-state index contributed by atoms with van der Waals surface area (Å²) >= 11 is 4.57. The van der Waals surface area contributed by atoms with Crippen molar-refractivity contribution in [3.05, 3.63) is 45.2 Å². The minimum absolute atomic E-state index is 0.161. The van der Waals surface area contributed by atoms with E-state index in [4.69, 9.17) is 0 Å². The van der Waals surface area contributed by atoms with Crippen molar-refractivity contribution in [3.63, 3.8) is 0 Å². The van der Waals surface area contributed by atoms with E-state index in [0.717, 1.165) is 14.9 Å². The number of rotatable bonds is 4. The lowest BCUT2D eigenvalue weighted by Crippen LogP contribution is -2.29. The van der Waals surface area contributed by atoms with Crippen LogP contribution in [0.3, 0.4) is 0 Å². The quantitative estimate of drug-likeness (QED) is 0.861. The molecule has 1 aromatic heterocycles. The van der Waals surface area contributed by atoms with Gasteiger partial charge in [0.2, 0.25) is 0 Å². The summed E-state index contributed by atoms with van der Waals surface area (Å²) in [5, 5.41) is 9.31. The number of nitrogens with zero attached hydrogens (tertiary/aromatic N) is 1. The minimum Gasteiger partial charge on any atom is -0.508 e. The summed E-state index contributed by atoms with van der Waals surface area (Å²) in [5.41, 5.74) is 1.73. The molecule has 1 atom stereocenters. The van der Waals surface area contributed by atoms with E-state index in [-0.39, 0.29) is 11.8 Å². The van der Waals surface area contributed by atoms with Gasteiger partial charge >= 0.3 is 0 Å². The zero-order valence-corrected chi connectivity index (χ0v) is 15.1. The number of hydrogen-bond donors (Lipinski definition) is 1. The number of aryl methyl sites for hydroxylation is 1. The monoisotopic (exact) mass is 389 g/mol. The normalized spacial score (nSPS) is 13.6. The highest BCUT2D eigenvalue weighted by Gasteiger charge is 2.28. The van der Waals surface area contributed by atoms with Gasteiger partial charge in [-0.1, -0.05) is 12.1 Å². The van der Waals surface area contributed by atoms with Gasteiger partial charge in [-0.25, -0.2) is 8.42 Å². The molecule has 0 amide bonds. The van der Waals surface area contributed by atoms with Crippen LogP contribution >= 0.6 is 27.3 Å². The molecule has 1 heterocycles. The first kappa shape index (κ1) is 16.5. The zero-order valence-electron chi connectivity index (χ0n) is 11.9. The van der Waals surface area contributed by atoms with Crippen molar-refractivity contribution in [2.24, 2.45) is 0 Å². The van der Waals surface area contributed by atoms with E-state index in [2.05, 4.69) is 15.9 Å². The lowest BCUT2D eigenvalue weighted by atomic mass is 10.1. The number of halogens is 1. The number of phenolic OH excluding ortho intramolecular Hbond substituents is 1. The number of sulfonamides is 1. The summed E-state index contributed by atoms with van der Waals surface area (Å²) in [7, 11) is -1.97. The molecule has 4 nitrogen and oxygen atoms in total. The Bertz CT molecular complexity index is 719. The predicted octanol–water partition coefficient (Wildman–Crippen LogP) is 3.91. The van der Waals surface area contributed by atoms with E-state index in [9.17, 15) is 13.5 Å². The Morgan fingerprint density at radius 3 is 2.33 bits per heavy atom. The average molecular weight is 390 g/mol. The molecule has 0 bridgehead atoms. The number of hydrogen-bond acceptors (Lipinski definition) is 4. The first-order chi connectivity index (χ1) is 9.73. The fourth-order valence-electron chi connectivity index (χ4n) is 1.87. The Labute approximate surface area is 137 Å². The molecule has 2 rings (SSSR count). The zero-order chi connectivity index (χ0) is 15.8. The third-order valence-corrected chi connectivity index (χ3v) is 7.90. The van der Waals surface area contributed by atoms with Crippen molar-refractivity contribution in [1.29, 1.82) is 0 Å². The SMILES string of the molecule is Cc1cc(S(=O)(=O)N(C)C(C)c2ccc(O)cc2)sc1Br. The highest BCUT2D eigenvalue weighted by Crippen LogP contribution is 2.34. The van der Waals surface area contributed by atoms with Gasteiger partial charge < -0.3 is 5.11 Å². The summed E-state index contributed by atoms with van der Waals surface area (Å²) in [6.07, 6.45) is 0. The van der Waals surface area contributed by atoms with Crippen LogP contribution in [-0.2, 0) is 10.0 Å². The molecule has 1 aromatic carbocycles.